The van der Waals surface area contributed by atoms with Crippen LogP contribution in [0.1, 0.15) is 43.0 Å². The highest BCUT2D eigenvalue weighted by molar-refractivity contribution is 6.36. The number of amides is 2. The van der Waals surface area contributed by atoms with E-state index in [1.807, 2.05) is 0 Å². The number of nitrogens with zero attached hydrogens (tertiary/aromatic N) is 1. The van der Waals surface area contributed by atoms with Gasteiger partial charge >= 0.3 is 5.97 Å². The van der Waals surface area contributed by atoms with E-state index in [0.29, 0.717) is 18.2 Å². The van der Waals surface area contributed by atoms with Crippen molar-refractivity contribution in [1.29, 1.82) is 0 Å². The van der Waals surface area contributed by atoms with E-state index in [-0.39, 0.29) is 29.5 Å². The van der Waals surface area contributed by atoms with Crippen molar-refractivity contribution in [2.45, 2.75) is 38.6 Å². The van der Waals surface area contributed by atoms with E-state index in [9.17, 15) is 14.4 Å². The molecule has 0 saturated carbocycles. The molecule has 1 fully saturated rings. The molecule has 1 aliphatic rings. The highest BCUT2D eigenvalue weighted by atomic mass is 35.5. The van der Waals surface area contributed by atoms with Gasteiger partial charge in [-0.3, -0.25) is 14.4 Å². The summed E-state index contributed by atoms with van der Waals surface area (Å²) in [5.74, 6) is -1.28. The van der Waals surface area contributed by atoms with Gasteiger partial charge in [-0.25, -0.2) is 0 Å². The fourth-order valence-corrected chi connectivity index (χ4v) is 3.22. The summed E-state index contributed by atoms with van der Waals surface area (Å²) in [5, 5.41) is 3.29. The van der Waals surface area contributed by atoms with Crippen molar-refractivity contribution in [2.24, 2.45) is 0 Å². The molecule has 142 valence electrons. The van der Waals surface area contributed by atoms with Gasteiger partial charge in [0.1, 0.15) is 6.04 Å². The van der Waals surface area contributed by atoms with Gasteiger partial charge in [-0.2, -0.15) is 0 Å². The molecule has 0 aliphatic carbocycles. The summed E-state index contributed by atoms with van der Waals surface area (Å²) in [7, 11) is 0. The zero-order valence-corrected chi connectivity index (χ0v) is 16.1. The predicted octanol–water partition coefficient (Wildman–Crippen LogP) is 3.06. The fourth-order valence-electron chi connectivity index (χ4n) is 2.73. The number of hydrogen-bond acceptors (Lipinski definition) is 4. The number of hydrogen-bond donors (Lipinski definition) is 1. The third-order valence-corrected chi connectivity index (χ3v) is 4.67. The minimum Gasteiger partial charge on any atom is -0.466 e. The van der Waals surface area contributed by atoms with Crippen LogP contribution >= 0.6 is 23.2 Å². The van der Waals surface area contributed by atoms with Gasteiger partial charge in [-0.15, -0.1) is 0 Å². The lowest BCUT2D eigenvalue weighted by molar-refractivity contribution is -0.147. The van der Waals surface area contributed by atoms with Crippen LogP contribution in [0.15, 0.2) is 18.2 Å². The molecule has 1 atom stereocenters. The molecule has 2 amide bonds. The zero-order valence-electron chi connectivity index (χ0n) is 14.6. The number of nitrogens with one attached hydrogen (secondary N) is 1. The van der Waals surface area contributed by atoms with Crippen LogP contribution in [0.3, 0.4) is 0 Å². The van der Waals surface area contributed by atoms with Crippen molar-refractivity contribution in [1.82, 2.24) is 10.2 Å². The maximum Gasteiger partial charge on any atom is 0.308 e. The maximum atomic E-state index is 12.8. The summed E-state index contributed by atoms with van der Waals surface area (Å²) >= 11 is 12.0. The van der Waals surface area contributed by atoms with Gasteiger partial charge < -0.3 is 15.0 Å². The first-order chi connectivity index (χ1) is 12.4. The van der Waals surface area contributed by atoms with Gasteiger partial charge in [-0.05, 0) is 24.6 Å². The second kappa shape index (κ2) is 9.78. The third-order valence-electron chi connectivity index (χ3n) is 4.12. The van der Waals surface area contributed by atoms with Crippen molar-refractivity contribution >= 4 is 41.0 Å². The molecule has 1 N–H and O–H groups in total. The number of halogens is 2. The second-order valence-corrected chi connectivity index (χ2v) is 6.90. The lowest BCUT2D eigenvalue weighted by Crippen LogP contribution is -2.57. The summed E-state index contributed by atoms with van der Waals surface area (Å²) in [6, 6.07) is 3.63. The molecule has 1 heterocycles. The lowest BCUT2D eigenvalue weighted by Gasteiger charge is -2.34. The molecule has 1 saturated heterocycles. The molecule has 0 radical (unpaired) electrons. The molecule has 2 rings (SSSR count). The Morgan fingerprint density at radius 3 is 2.77 bits per heavy atom. The van der Waals surface area contributed by atoms with Crippen molar-refractivity contribution in [3.63, 3.8) is 0 Å². The first-order valence-corrected chi connectivity index (χ1v) is 9.39. The number of carbonyl (C=O) groups is 3. The number of benzene rings is 1. The Morgan fingerprint density at radius 1 is 1.31 bits per heavy atom. The Morgan fingerprint density at radius 2 is 2.08 bits per heavy atom. The predicted molar refractivity (Wildman–Crippen MR) is 99.4 cm³/mol. The first kappa shape index (κ1) is 20.5. The Labute approximate surface area is 162 Å². The normalized spacial score (nSPS) is 17.0. The summed E-state index contributed by atoms with van der Waals surface area (Å²) in [6.07, 6.45) is 2.58. The van der Waals surface area contributed by atoms with Crippen LogP contribution in [0.25, 0.3) is 0 Å². The zero-order chi connectivity index (χ0) is 19.1. The largest absolute Gasteiger partial charge is 0.466 e. The Hall–Kier alpha value is -1.79. The first-order valence-electron chi connectivity index (χ1n) is 8.63. The summed E-state index contributed by atoms with van der Waals surface area (Å²) in [6.45, 7) is 2.98. The monoisotopic (exact) mass is 400 g/mol. The van der Waals surface area contributed by atoms with E-state index in [4.69, 9.17) is 27.9 Å². The van der Waals surface area contributed by atoms with E-state index in [0.717, 1.165) is 19.3 Å². The Balaban J connectivity index is 2.08. The molecule has 1 aliphatic heterocycles. The number of piperazine rings is 1. The van der Waals surface area contributed by atoms with Crippen LogP contribution < -0.4 is 5.32 Å². The van der Waals surface area contributed by atoms with E-state index in [1.165, 1.54) is 17.0 Å². The molecule has 0 spiro atoms. The summed E-state index contributed by atoms with van der Waals surface area (Å²) in [4.78, 5) is 38.5. The van der Waals surface area contributed by atoms with Gasteiger partial charge in [0.15, 0.2) is 0 Å². The molecule has 26 heavy (non-hydrogen) atoms. The van der Waals surface area contributed by atoms with Gasteiger partial charge in [0.25, 0.3) is 5.91 Å². The molecule has 1 aromatic rings. The molecule has 1 unspecified atom stereocenters. The molecule has 8 heteroatoms. The van der Waals surface area contributed by atoms with E-state index < -0.39 is 17.9 Å². The van der Waals surface area contributed by atoms with Crippen molar-refractivity contribution < 1.29 is 19.1 Å². The molecule has 0 bridgehead atoms. The lowest BCUT2D eigenvalue weighted by atomic mass is 10.1. The maximum absolute atomic E-state index is 12.8. The third kappa shape index (κ3) is 5.35. The molecular formula is C18H22Cl2N2O4. The van der Waals surface area contributed by atoms with Crippen molar-refractivity contribution in [2.75, 3.05) is 19.7 Å². The van der Waals surface area contributed by atoms with Crippen LogP contribution in [-0.2, 0) is 14.3 Å². The van der Waals surface area contributed by atoms with Crippen LogP contribution in [0.2, 0.25) is 10.0 Å². The van der Waals surface area contributed by atoms with Crippen molar-refractivity contribution in [3.05, 3.63) is 33.8 Å². The Bertz CT molecular complexity index is 681. The highest BCUT2D eigenvalue weighted by Crippen LogP contribution is 2.24. The SMILES string of the molecule is CCCCCOC(=O)CC1C(=O)NCCN1C(=O)c1ccc(Cl)cc1Cl. The van der Waals surface area contributed by atoms with E-state index in [1.54, 1.807) is 6.07 Å². The second-order valence-electron chi connectivity index (χ2n) is 6.06. The Kier molecular flexibility index (Phi) is 7.72. The topological polar surface area (TPSA) is 75.7 Å². The molecule has 0 aromatic heterocycles. The van der Waals surface area contributed by atoms with Crippen LogP contribution in [0.4, 0.5) is 0 Å². The van der Waals surface area contributed by atoms with E-state index >= 15 is 0 Å². The number of rotatable bonds is 7. The smallest absolute Gasteiger partial charge is 0.308 e. The highest BCUT2D eigenvalue weighted by Gasteiger charge is 2.36. The van der Waals surface area contributed by atoms with Gasteiger partial charge in [0.05, 0.1) is 23.6 Å². The molecule has 6 nitrogen and oxygen atoms in total. The number of unbranched alkanes of at least 4 members (excludes halogenated alkanes) is 2. The standard InChI is InChI=1S/C18H22Cl2N2O4/c1-2-3-4-9-26-16(23)11-15-17(24)21-7-8-22(15)18(25)13-6-5-12(19)10-14(13)20/h5-6,10,15H,2-4,7-9,11H2,1H3,(H,21,24). The van der Waals surface area contributed by atoms with Gasteiger partial charge in [-0.1, -0.05) is 43.0 Å². The fraction of sp³-hybridized carbons (Fsp3) is 0.500. The average molecular weight is 401 g/mol. The number of carbonyl (C=O) groups excluding carboxylic acids is 3. The minimum absolute atomic E-state index is 0.186. The summed E-state index contributed by atoms with van der Waals surface area (Å²) < 4.78 is 5.17. The molecule has 1 aromatic carbocycles. The number of ether oxygens (including phenoxy) is 1. The van der Waals surface area contributed by atoms with Gasteiger partial charge in [0, 0.05) is 18.1 Å². The van der Waals surface area contributed by atoms with Crippen LogP contribution in [-0.4, -0.2) is 48.4 Å². The van der Waals surface area contributed by atoms with Crippen molar-refractivity contribution in [3.8, 4) is 0 Å². The van der Waals surface area contributed by atoms with Crippen LogP contribution in [0, 0.1) is 0 Å². The quantitative estimate of drug-likeness (QED) is 0.563. The number of esters is 1. The summed E-state index contributed by atoms with van der Waals surface area (Å²) in [5.41, 5.74) is 0.243. The average Bonchev–Trinajstić information content (AvgIpc) is 2.60. The molecular weight excluding hydrogens is 379 g/mol. The minimum atomic E-state index is -0.915. The van der Waals surface area contributed by atoms with Gasteiger partial charge in [0.2, 0.25) is 5.91 Å². The van der Waals surface area contributed by atoms with E-state index in [2.05, 4.69) is 12.2 Å². The van der Waals surface area contributed by atoms with Crippen LogP contribution in [0.5, 0.6) is 0 Å².